The molecule has 0 heterocycles. The second-order valence-electron chi connectivity index (χ2n) is 4.93. The first-order chi connectivity index (χ1) is 10.1. The van der Waals surface area contributed by atoms with Crippen molar-refractivity contribution in [2.24, 2.45) is 0 Å². The van der Waals surface area contributed by atoms with Crippen molar-refractivity contribution in [3.8, 4) is 5.75 Å². The maximum absolute atomic E-state index is 6.16. The van der Waals surface area contributed by atoms with E-state index in [9.17, 15) is 0 Å². The fourth-order valence-electron chi connectivity index (χ4n) is 1.90. The third-order valence-electron chi connectivity index (χ3n) is 3.13. The number of hydrogen-bond donors (Lipinski definition) is 1. The lowest BCUT2D eigenvalue weighted by molar-refractivity contribution is 0.317. The Morgan fingerprint density at radius 3 is 2.57 bits per heavy atom. The number of ether oxygens (including phenoxy) is 1. The summed E-state index contributed by atoms with van der Waals surface area (Å²) in [5.74, 6) is 0.917. The van der Waals surface area contributed by atoms with Crippen molar-refractivity contribution in [3.05, 3.63) is 57.0 Å². The van der Waals surface area contributed by atoms with E-state index in [4.69, 9.17) is 16.3 Å². The number of anilines is 1. The van der Waals surface area contributed by atoms with Crippen LogP contribution in [0.25, 0.3) is 0 Å². The van der Waals surface area contributed by atoms with Crippen LogP contribution in [0, 0.1) is 6.92 Å². The molecule has 112 valence electrons. The molecule has 0 saturated heterocycles. The van der Waals surface area contributed by atoms with Crippen LogP contribution in [0.15, 0.2) is 40.9 Å². The molecule has 0 aromatic heterocycles. The third kappa shape index (κ3) is 4.65. The second kappa shape index (κ2) is 7.71. The van der Waals surface area contributed by atoms with Gasteiger partial charge < -0.3 is 10.1 Å². The largest absolute Gasteiger partial charge is 0.494 e. The number of benzene rings is 2. The van der Waals surface area contributed by atoms with Crippen molar-refractivity contribution in [1.82, 2.24) is 0 Å². The molecular weight excluding hydrogens is 350 g/mol. The summed E-state index contributed by atoms with van der Waals surface area (Å²) in [7, 11) is 0. The maximum atomic E-state index is 6.16. The number of halogens is 2. The van der Waals surface area contributed by atoms with Gasteiger partial charge in [0.05, 0.1) is 12.3 Å². The van der Waals surface area contributed by atoms with Gasteiger partial charge >= 0.3 is 0 Å². The first-order valence-electron chi connectivity index (χ1n) is 7.01. The summed E-state index contributed by atoms with van der Waals surface area (Å²) in [6.07, 6.45) is 1.02. The highest BCUT2D eigenvalue weighted by Crippen LogP contribution is 2.29. The highest BCUT2D eigenvalue weighted by atomic mass is 79.9. The van der Waals surface area contributed by atoms with E-state index >= 15 is 0 Å². The maximum Gasteiger partial charge on any atom is 0.119 e. The van der Waals surface area contributed by atoms with Crippen LogP contribution < -0.4 is 10.1 Å². The van der Waals surface area contributed by atoms with Gasteiger partial charge in [-0.3, -0.25) is 0 Å². The van der Waals surface area contributed by atoms with E-state index in [1.807, 2.05) is 31.2 Å². The molecule has 0 aliphatic carbocycles. The molecule has 0 atom stereocenters. The lowest BCUT2D eigenvalue weighted by Crippen LogP contribution is -2.01. The molecule has 0 spiro atoms. The van der Waals surface area contributed by atoms with E-state index < -0.39 is 0 Å². The molecule has 4 heteroatoms. The van der Waals surface area contributed by atoms with Gasteiger partial charge in [-0.25, -0.2) is 0 Å². The van der Waals surface area contributed by atoms with E-state index in [1.165, 1.54) is 5.56 Å². The molecule has 2 aromatic rings. The number of rotatable bonds is 6. The van der Waals surface area contributed by atoms with E-state index in [2.05, 4.69) is 40.3 Å². The molecule has 0 amide bonds. The van der Waals surface area contributed by atoms with Gasteiger partial charge in [0.1, 0.15) is 5.75 Å². The van der Waals surface area contributed by atoms with Crippen LogP contribution in [-0.4, -0.2) is 6.61 Å². The minimum atomic E-state index is 0.742. The molecule has 0 aliphatic rings. The van der Waals surface area contributed by atoms with Gasteiger partial charge in [0, 0.05) is 16.0 Å². The van der Waals surface area contributed by atoms with Crippen LogP contribution in [0.4, 0.5) is 5.69 Å². The molecule has 2 nitrogen and oxygen atoms in total. The Labute approximate surface area is 139 Å². The molecule has 1 N–H and O–H groups in total. The lowest BCUT2D eigenvalue weighted by atomic mass is 10.2. The zero-order valence-corrected chi connectivity index (χ0v) is 14.6. The number of nitrogens with one attached hydrogen (secondary N) is 1. The van der Waals surface area contributed by atoms with Crippen molar-refractivity contribution in [1.29, 1.82) is 0 Å². The molecule has 21 heavy (non-hydrogen) atoms. The standard InChI is InChI=1S/C17H19BrClNO/c1-3-8-21-14-6-4-13(5-7-14)11-20-17-10-16(19)12(2)9-15(17)18/h4-7,9-10,20H,3,8,11H2,1-2H3. The van der Waals surface area contributed by atoms with E-state index in [-0.39, 0.29) is 0 Å². The summed E-state index contributed by atoms with van der Waals surface area (Å²) < 4.78 is 6.60. The third-order valence-corrected chi connectivity index (χ3v) is 4.19. The van der Waals surface area contributed by atoms with E-state index in [0.29, 0.717) is 0 Å². The van der Waals surface area contributed by atoms with Gasteiger partial charge in [-0.2, -0.15) is 0 Å². The molecule has 0 saturated carbocycles. The molecule has 0 unspecified atom stereocenters. The highest BCUT2D eigenvalue weighted by Gasteiger charge is 2.04. The molecule has 0 bridgehead atoms. The van der Waals surface area contributed by atoms with Gasteiger partial charge in [0.2, 0.25) is 0 Å². The van der Waals surface area contributed by atoms with Crippen LogP contribution in [0.5, 0.6) is 5.75 Å². The van der Waals surface area contributed by atoms with Crippen molar-refractivity contribution in [2.75, 3.05) is 11.9 Å². The van der Waals surface area contributed by atoms with Crippen LogP contribution >= 0.6 is 27.5 Å². The SMILES string of the molecule is CCCOc1ccc(CNc2cc(Cl)c(C)cc2Br)cc1. The number of hydrogen-bond acceptors (Lipinski definition) is 2. The Morgan fingerprint density at radius 1 is 1.19 bits per heavy atom. The second-order valence-corrected chi connectivity index (χ2v) is 6.19. The summed E-state index contributed by atoms with van der Waals surface area (Å²) in [6, 6.07) is 12.1. The summed E-state index contributed by atoms with van der Waals surface area (Å²) in [4.78, 5) is 0. The van der Waals surface area contributed by atoms with Crippen molar-refractivity contribution >= 4 is 33.2 Å². The summed E-state index contributed by atoms with van der Waals surface area (Å²) in [6.45, 7) is 5.59. The van der Waals surface area contributed by atoms with Crippen molar-refractivity contribution < 1.29 is 4.74 Å². The van der Waals surface area contributed by atoms with Crippen LogP contribution in [0.2, 0.25) is 5.02 Å². The zero-order chi connectivity index (χ0) is 15.2. The molecule has 0 radical (unpaired) electrons. The Bertz CT molecular complexity index is 598. The summed E-state index contributed by atoms with van der Waals surface area (Å²) in [5.41, 5.74) is 3.26. The average Bonchev–Trinajstić information content (AvgIpc) is 2.48. The fourth-order valence-corrected chi connectivity index (χ4v) is 2.66. The molecule has 0 fully saturated rings. The van der Waals surface area contributed by atoms with Gasteiger partial charge in [0.15, 0.2) is 0 Å². The fraction of sp³-hybridized carbons (Fsp3) is 0.294. The Balaban J connectivity index is 1.98. The summed E-state index contributed by atoms with van der Waals surface area (Å²) >= 11 is 9.71. The Hall–Kier alpha value is -1.19. The van der Waals surface area contributed by atoms with E-state index in [0.717, 1.165) is 46.1 Å². The zero-order valence-electron chi connectivity index (χ0n) is 12.2. The van der Waals surface area contributed by atoms with Crippen molar-refractivity contribution in [3.63, 3.8) is 0 Å². The Kier molecular flexibility index (Phi) is 5.95. The first kappa shape index (κ1) is 16.2. The molecule has 2 aromatic carbocycles. The topological polar surface area (TPSA) is 21.3 Å². The highest BCUT2D eigenvalue weighted by molar-refractivity contribution is 9.10. The smallest absolute Gasteiger partial charge is 0.119 e. The predicted molar refractivity (Wildman–Crippen MR) is 93.4 cm³/mol. The van der Waals surface area contributed by atoms with Gasteiger partial charge in [-0.05, 0) is 64.7 Å². The predicted octanol–water partition coefficient (Wildman–Crippen LogP) is 5.81. The van der Waals surface area contributed by atoms with Crippen molar-refractivity contribution in [2.45, 2.75) is 26.8 Å². The Morgan fingerprint density at radius 2 is 1.90 bits per heavy atom. The quantitative estimate of drug-likeness (QED) is 0.694. The monoisotopic (exact) mass is 367 g/mol. The molecule has 0 aliphatic heterocycles. The lowest BCUT2D eigenvalue weighted by Gasteiger charge is -2.11. The van der Waals surface area contributed by atoms with Gasteiger partial charge in [-0.15, -0.1) is 0 Å². The normalized spacial score (nSPS) is 10.5. The summed E-state index contributed by atoms with van der Waals surface area (Å²) in [5, 5.41) is 4.16. The average molecular weight is 369 g/mol. The van der Waals surface area contributed by atoms with Gasteiger partial charge in [-0.1, -0.05) is 30.7 Å². The van der Waals surface area contributed by atoms with Crippen LogP contribution in [0.3, 0.4) is 0 Å². The van der Waals surface area contributed by atoms with E-state index in [1.54, 1.807) is 0 Å². The molecular formula is C17H19BrClNO. The van der Waals surface area contributed by atoms with Crippen LogP contribution in [-0.2, 0) is 6.54 Å². The molecule has 2 rings (SSSR count). The van der Waals surface area contributed by atoms with Gasteiger partial charge in [0.25, 0.3) is 0 Å². The van der Waals surface area contributed by atoms with Crippen LogP contribution in [0.1, 0.15) is 24.5 Å². The minimum absolute atomic E-state index is 0.742. The minimum Gasteiger partial charge on any atom is -0.494 e. The first-order valence-corrected chi connectivity index (χ1v) is 8.18. The number of aryl methyl sites for hydroxylation is 1.